The van der Waals surface area contributed by atoms with Gasteiger partial charge in [-0.15, -0.1) is 0 Å². The van der Waals surface area contributed by atoms with Crippen LogP contribution in [-0.4, -0.2) is 38.2 Å². The molecule has 0 bridgehead atoms. The third-order valence-electron chi connectivity index (χ3n) is 4.22. The fraction of sp³-hybridized carbons (Fsp3) is 0.0909. The molecule has 0 saturated heterocycles. The van der Waals surface area contributed by atoms with Crippen molar-refractivity contribution < 1.29 is 27.9 Å². The second-order valence-electron chi connectivity index (χ2n) is 6.58. The van der Waals surface area contributed by atoms with Crippen LogP contribution in [0, 0.1) is 0 Å². The van der Waals surface area contributed by atoms with Gasteiger partial charge in [0.1, 0.15) is 18.0 Å². The first-order valence-electron chi connectivity index (χ1n) is 9.17. The average molecular weight is 440 g/mol. The first kappa shape index (κ1) is 21.8. The number of ether oxygens (including phenoxy) is 1. The van der Waals surface area contributed by atoms with Crippen LogP contribution in [0.4, 0.5) is 11.4 Å². The van der Waals surface area contributed by atoms with E-state index in [-0.39, 0.29) is 16.9 Å². The SMILES string of the molecule is CS(=O)(=O)N(CC(=O)Nc1ccccc1C(=O)O)c1ccc(Oc2ccccc2)cc1. The molecule has 0 radical (unpaired) electrons. The molecule has 0 aliphatic rings. The predicted octanol–water partition coefficient (Wildman–Crippen LogP) is 3.58. The number of carbonyl (C=O) groups excluding carboxylic acids is 1. The Balaban J connectivity index is 1.77. The highest BCUT2D eigenvalue weighted by atomic mass is 32.2. The maximum absolute atomic E-state index is 12.5. The molecule has 0 aliphatic heterocycles. The summed E-state index contributed by atoms with van der Waals surface area (Å²) in [6, 6.07) is 21.2. The number of nitrogens with one attached hydrogen (secondary N) is 1. The molecule has 3 aromatic carbocycles. The number of rotatable bonds is 8. The number of benzene rings is 3. The molecule has 3 aromatic rings. The Morgan fingerprint density at radius 1 is 0.903 bits per heavy atom. The lowest BCUT2D eigenvalue weighted by molar-refractivity contribution is -0.114. The highest BCUT2D eigenvalue weighted by Crippen LogP contribution is 2.25. The second-order valence-corrected chi connectivity index (χ2v) is 8.48. The van der Waals surface area contributed by atoms with Gasteiger partial charge in [-0.05, 0) is 48.5 Å². The number of carbonyl (C=O) groups is 2. The van der Waals surface area contributed by atoms with Crippen molar-refractivity contribution >= 4 is 33.3 Å². The second kappa shape index (κ2) is 9.31. The number of amides is 1. The van der Waals surface area contributed by atoms with Crippen molar-refractivity contribution in [3.8, 4) is 11.5 Å². The Bertz CT molecular complexity index is 1180. The highest BCUT2D eigenvalue weighted by Gasteiger charge is 2.22. The Hall–Kier alpha value is -3.85. The Kier molecular flexibility index (Phi) is 6.56. The van der Waals surface area contributed by atoms with Gasteiger partial charge in [-0.25, -0.2) is 13.2 Å². The van der Waals surface area contributed by atoms with Crippen LogP contribution in [0.5, 0.6) is 11.5 Å². The molecule has 160 valence electrons. The van der Waals surface area contributed by atoms with E-state index in [4.69, 9.17) is 4.74 Å². The molecule has 0 aromatic heterocycles. The lowest BCUT2D eigenvalue weighted by Crippen LogP contribution is -2.37. The first-order valence-corrected chi connectivity index (χ1v) is 11.0. The minimum atomic E-state index is -3.79. The predicted molar refractivity (Wildman–Crippen MR) is 117 cm³/mol. The molecule has 0 spiro atoms. The van der Waals surface area contributed by atoms with Crippen LogP contribution in [-0.2, 0) is 14.8 Å². The van der Waals surface area contributed by atoms with Gasteiger partial charge in [-0.2, -0.15) is 0 Å². The molecule has 0 heterocycles. The summed E-state index contributed by atoms with van der Waals surface area (Å²) in [6.07, 6.45) is 0.986. The van der Waals surface area contributed by atoms with E-state index >= 15 is 0 Å². The zero-order valence-electron chi connectivity index (χ0n) is 16.6. The number of carboxylic acid groups (broad SMARTS) is 1. The number of sulfonamides is 1. The molecule has 31 heavy (non-hydrogen) atoms. The number of nitrogens with zero attached hydrogens (tertiary/aromatic N) is 1. The number of para-hydroxylation sites is 2. The number of anilines is 2. The summed E-state index contributed by atoms with van der Waals surface area (Å²) in [4.78, 5) is 23.8. The van der Waals surface area contributed by atoms with E-state index in [1.165, 1.54) is 30.3 Å². The molecule has 8 nitrogen and oxygen atoms in total. The molecule has 0 saturated carbocycles. The van der Waals surface area contributed by atoms with E-state index in [0.717, 1.165) is 10.6 Å². The Morgan fingerprint density at radius 3 is 2.10 bits per heavy atom. The topological polar surface area (TPSA) is 113 Å². The summed E-state index contributed by atoms with van der Waals surface area (Å²) in [7, 11) is -3.79. The number of carboxylic acids is 1. The quantitative estimate of drug-likeness (QED) is 0.554. The fourth-order valence-electron chi connectivity index (χ4n) is 2.80. The monoisotopic (exact) mass is 440 g/mol. The maximum Gasteiger partial charge on any atom is 0.337 e. The van der Waals surface area contributed by atoms with Crippen LogP contribution in [0.1, 0.15) is 10.4 Å². The standard InChI is InChI=1S/C22H20N2O6S/c1-31(28,29)24(15-21(25)23-20-10-6-5-9-19(20)22(26)27)16-11-13-18(14-12-16)30-17-7-3-2-4-8-17/h2-14H,15H2,1H3,(H,23,25)(H,26,27). The molecule has 0 fully saturated rings. The van der Waals surface area contributed by atoms with E-state index in [1.807, 2.05) is 18.2 Å². The van der Waals surface area contributed by atoms with Crippen molar-refractivity contribution in [3.63, 3.8) is 0 Å². The fourth-order valence-corrected chi connectivity index (χ4v) is 3.66. The summed E-state index contributed by atoms with van der Waals surface area (Å²) >= 11 is 0. The summed E-state index contributed by atoms with van der Waals surface area (Å²) in [5.41, 5.74) is 0.258. The lowest BCUT2D eigenvalue weighted by Gasteiger charge is -2.22. The highest BCUT2D eigenvalue weighted by molar-refractivity contribution is 7.92. The first-order chi connectivity index (χ1) is 14.7. The zero-order valence-corrected chi connectivity index (χ0v) is 17.4. The minimum Gasteiger partial charge on any atom is -0.478 e. The Labute approximate surface area is 179 Å². The van der Waals surface area contributed by atoms with Gasteiger partial charge >= 0.3 is 5.97 Å². The van der Waals surface area contributed by atoms with E-state index in [9.17, 15) is 23.1 Å². The summed E-state index contributed by atoms with van der Waals surface area (Å²) in [5.74, 6) is -0.747. The van der Waals surface area contributed by atoms with E-state index < -0.39 is 28.4 Å². The molecule has 0 unspecified atom stereocenters. The maximum atomic E-state index is 12.5. The molecular formula is C22H20N2O6S. The van der Waals surface area contributed by atoms with Gasteiger partial charge in [0.05, 0.1) is 23.2 Å². The van der Waals surface area contributed by atoms with Crippen molar-refractivity contribution in [3.05, 3.63) is 84.4 Å². The van der Waals surface area contributed by atoms with E-state index in [0.29, 0.717) is 11.5 Å². The van der Waals surface area contributed by atoms with Crippen molar-refractivity contribution in [2.75, 3.05) is 22.4 Å². The molecular weight excluding hydrogens is 420 g/mol. The van der Waals surface area contributed by atoms with Crippen LogP contribution in [0.15, 0.2) is 78.9 Å². The van der Waals surface area contributed by atoms with Gasteiger partial charge in [0, 0.05) is 0 Å². The van der Waals surface area contributed by atoms with Gasteiger partial charge in [0.15, 0.2) is 0 Å². The zero-order chi connectivity index (χ0) is 22.4. The van der Waals surface area contributed by atoms with Crippen LogP contribution in [0.3, 0.4) is 0 Å². The molecule has 0 aliphatic carbocycles. The smallest absolute Gasteiger partial charge is 0.337 e. The molecule has 2 N–H and O–H groups in total. The summed E-state index contributed by atoms with van der Waals surface area (Å²) in [5, 5.41) is 11.7. The lowest BCUT2D eigenvalue weighted by atomic mass is 10.2. The molecule has 0 atom stereocenters. The molecule has 1 amide bonds. The van der Waals surface area contributed by atoms with Crippen LogP contribution in [0.2, 0.25) is 0 Å². The Morgan fingerprint density at radius 2 is 1.48 bits per heavy atom. The molecule has 3 rings (SSSR count). The van der Waals surface area contributed by atoms with Crippen LogP contribution >= 0.6 is 0 Å². The van der Waals surface area contributed by atoms with Gasteiger partial charge in [0.2, 0.25) is 15.9 Å². The number of hydrogen-bond donors (Lipinski definition) is 2. The van der Waals surface area contributed by atoms with Crippen molar-refractivity contribution in [2.24, 2.45) is 0 Å². The normalized spacial score (nSPS) is 10.9. The van der Waals surface area contributed by atoms with Crippen molar-refractivity contribution in [1.29, 1.82) is 0 Å². The van der Waals surface area contributed by atoms with Gasteiger partial charge < -0.3 is 15.2 Å². The summed E-state index contributed by atoms with van der Waals surface area (Å²) in [6.45, 7) is -0.522. The third-order valence-corrected chi connectivity index (χ3v) is 5.36. The van der Waals surface area contributed by atoms with Crippen LogP contribution in [0.25, 0.3) is 0 Å². The van der Waals surface area contributed by atoms with Gasteiger partial charge in [0.25, 0.3) is 0 Å². The largest absolute Gasteiger partial charge is 0.478 e. The van der Waals surface area contributed by atoms with Gasteiger partial charge in [-0.1, -0.05) is 30.3 Å². The van der Waals surface area contributed by atoms with E-state index in [1.54, 1.807) is 30.3 Å². The van der Waals surface area contributed by atoms with Crippen LogP contribution < -0.4 is 14.4 Å². The van der Waals surface area contributed by atoms with Crippen molar-refractivity contribution in [2.45, 2.75) is 0 Å². The minimum absolute atomic E-state index is 0.0834. The third kappa shape index (κ3) is 5.83. The van der Waals surface area contributed by atoms with Gasteiger partial charge in [-0.3, -0.25) is 9.10 Å². The number of aromatic carboxylic acids is 1. The molecule has 9 heteroatoms. The van der Waals surface area contributed by atoms with Crippen molar-refractivity contribution in [1.82, 2.24) is 0 Å². The van der Waals surface area contributed by atoms with E-state index in [2.05, 4.69) is 5.32 Å². The number of hydrogen-bond acceptors (Lipinski definition) is 5. The summed E-state index contributed by atoms with van der Waals surface area (Å²) < 4.78 is 31.2. The average Bonchev–Trinajstić information content (AvgIpc) is 2.73.